The van der Waals surface area contributed by atoms with Crippen molar-refractivity contribution in [2.45, 2.75) is 17.6 Å². The van der Waals surface area contributed by atoms with Crippen molar-refractivity contribution < 1.29 is 43.1 Å². The van der Waals surface area contributed by atoms with E-state index in [9.17, 15) is 43.1 Å². The minimum Gasteiger partial charge on any atom is -0.234 e. The molecule has 0 nitrogen and oxygen atoms in total. The molecule has 0 atom stereocenters. The van der Waals surface area contributed by atoms with Gasteiger partial charge in [-0.3, -0.25) is 0 Å². The molecule has 0 N–H and O–H groups in total. The Bertz CT molecular complexity index is 184. The maximum Gasteiger partial charge on any atom is 0.697 e. The predicted molar refractivity (Wildman–Crippen MR) is 25.0 cm³/mol. The van der Waals surface area contributed by atoms with Crippen molar-refractivity contribution in [3.63, 3.8) is 0 Å². The molecule has 0 aliphatic heterocycles. The van der Waals surface area contributed by atoms with Gasteiger partial charge in [0.25, 0.3) is 0 Å². The van der Waals surface area contributed by atoms with Crippen LogP contribution < -0.4 is 0 Å². The standard InChI is InChI=1S/C3F10Si/c4-1(5,2(6,7)8)3(9,10)14(11,12)13. The molecule has 0 aromatic rings. The second-order valence-electron chi connectivity index (χ2n) is 2.14. The summed E-state index contributed by atoms with van der Waals surface area (Å²) in [6.45, 7) is 0. The third-order valence-corrected chi connectivity index (χ3v) is 2.13. The molecular formula is C3F10Si. The SMILES string of the molecule is FC(F)(F)C(F)(F)C(F)(F)[Si](F)(F)F. The fraction of sp³-hybridized carbons (Fsp3) is 1.00. The quantitative estimate of drug-likeness (QED) is 0.403. The summed E-state index contributed by atoms with van der Waals surface area (Å²) >= 11 is 0. The van der Waals surface area contributed by atoms with Crippen LogP contribution >= 0.6 is 0 Å². The molecule has 0 saturated carbocycles. The molecule has 86 valence electrons. The Morgan fingerprint density at radius 3 is 1.00 bits per heavy atom. The van der Waals surface area contributed by atoms with Crippen LogP contribution in [-0.2, 0) is 0 Å². The van der Waals surface area contributed by atoms with E-state index in [4.69, 9.17) is 0 Å². The molecule has 14 heavy (non-hydrogen) atoms. The van der Waals surface area contributed by atoms with Crippen molar-refractivity contribution in [2.75, 3.05) is 0 Å². The molecule has 0 aromatic carbocycles. The van der Waals surface area contributed by atoms with Crippen molar-refractivity contribution in [1.82, 2.24) is 0 Å². The Hall–Kier alpha value is -0.483. The molecule has 0 aliphatic carbocycles. The third-order valence-electron chi connectivity index (χ3n) is 1.11. The van der Waals surface area contributed by atoms with Crippen LogP contribution in [0.2, 0.25) is 0 Å². The molecule has 0 rings (SSSR count). The monoisotopic (exact) mass is 254 g/mol. The van der Waals surface area contributed by atoms with E-state index < -0.39 is 26.7 Å². The smallest absolute Gasteiger partial charge is 0.234 e. The summed E-state index contributed by atoms with van der Waals surface area (Å²) in [6.07, 6.45) is -6.93. The summed E-state index contributed by atoms with van der Waals surface area (Å²) in [4.78, 5) is 0. The van der Waals surface area contributed by atoms with Gasteiger partial charge in [-0.2, -0.15) is 30.7 Å². The van der Waals surface area contributed by atoms with E-state index in [1.54, 1.807) is 0 Å². The molecule has 0 spiro atoms. The molecule has 0 saturated heterocycles. The zero-order valence-electron chi connectivity index (χ0n) is 5.78. The summed E-state index contributed by atoms with van der Waals surface area (Å²) in [5.74, 6) is -7.08. The van der Waals surface area contributed by atoms with E-state index in [2.05, 4.69) is 0 Å². The Morgan fingerprint density at radius 1 is 0.643 bits per heavy atom. The molecule has 0 amide bonds. The summed E-state index contributed by atoms with van der Waals surface area (Å²) < 4.78 is 114. The Morgan fingerprint density at radius 2 is 0.929 bits per heavy atom. The summed E-state index contributed by atoms with van der Waals surface area (Å²) in [5.41, 5.74) is -7.00. The van der Waals surface area contributed by atoms with Crippen LogP contribution in [0.25, 0.3) is 0 Å². The first kappa shape index (κ1) is 13.5. The van der Waals surface area contributed by atoms with Crippen LogP contribution in [0.4, 0.5) is 43.1 Å². The summed E-state index contributed by atoms with van der Waals surface area (Å²) in [6, 6.07) is 0. The normalized spacial score (nSPS) is 15.9. The molecule has 11 heteroatoms. The van der Waals surface area contributed by atoms with Crippen LogP contribution in [0, 0.1) is 0 Å². The molecule has 0 aliphatic rings. The van der Waals surface area contributed by atoms with Gasteiger partial charge in [0.1, 0.15) is 0 Å². The molecule has 0 aromatic heterocycles. The van der Waals surface area contributed by atoms with Crippen molar-refractivity contribution in [3.8, 4) is 0 Å². The van der Waals surface area contributed by atoms with E-state index in [-0.39, 0.29) is 0 Å². The highest BCUT2D eigenvalue weighted by Crippen LogP contribution is 2.51. The van der Waals surface area contributed by atoms with E-state index in [1.165, 1.54) is 0 Å². The summed E-state index contributed by atoms with van der Waals surface area (Å²) in [5, 5.41) is 0. The Balaban J connectivity index is 5.30. The topological polar surface area (TPSA) is 0 Å². The van der Waals surface area contributed by atoms with E-state index in [0.717, 1.165) is 0 Å². The van der Waals surface area contributed by atoms with Crippen LogP contribution in [0.15, 0.2) is 0 Å². The van der Waals surface area contributed by atoms with Gasteiger partial charge in [0.05, 0.1) is 0 Å². The van der Waals surface area contributed by atoms with Crippen molar-refractivity contribution >= 4 is 9.08 Å². The number of hydrogen-bond donors (Lipinski definition) is 0. The molecule has 0 radical (unpaired) electrons. The number of alkyl halides is 7. The zero-order valence-corrected chi connectivity index (χ0v) is 6.78. The number of halogens is 10. The fourth-order valence-electron chi connectivity index (χ4n) is 0.356. The average molecular weight is 254 g/mol. The lowest BCUT2D eigenvalue weighted by Crippen LogP contribution is -2.62. The lowest BCUT2D eigenvalue weighted by atomic mass is 10.3. The maximum absolute atomic E-state index is 11.7. The van der Waals surface area contributed by atoms with Gasteiger partial charge in [0, 0.05) is 0 Å². The van der Waals surface area contributed by atoms with Gasteiger partial charge in [0.15, 0.2) is 0 Å². The molecule has 0 fully saturated rings. The zero-order chi connectivity index (χ0) is 12.0. The van der Waals surface area contributed by atoms with Gasteiger partial charge in [-0.05, 0) is 0 Å². The highest BCUT2D eigenvalue weighted by molar-refractivity contribution is 6.61. The lowest BCUT2D eigenvalue weighted by Gasteiger charge is -2.27. The molecule has 0 heterocycles. The minimum absolute atomic E-state index is 6.93. The van der Waals surface area contributed by atoms with Gasteiger partial charge in [-0.15, -0.1) is 0 Å². The van der Waals surface area contributed by atoms with E-state index in [1.807, 2.05) is 0 Å². The lowest BCUT2D eigenvalue weighted by molar-refractivity contribution is -0.340. The van der Waals surface area contributed by atoms with Crippen molar-refractivity contribution in [1.29, 1.82) is 0 Å². The first-order valence-electron chi connectivity index (χ1n) is 2.64. The number of rotatable bonds is 2. The Labute approximate surface area is 71.0 Å². The second kappa shape index (κ2) is 3.00. The maximum atomic E-state index is 11.7. The van der Waals surface area contributed by atoms with Gasteiger partial charge in [-0.25, -0.2) is 12.3 Å². The summed E-state index contributed by atoms with van der Waals surface area (Å²) in [7, 11) is -8.43. The van der Waals surface area contributed by atoms with Gasteiger partial charge < -0.3 is 0 Å². The molecule has 0 unspecified atom stereocenters. The molecule has 0 bridgehead atoms. The van der Waals surface area contributed by atoms with Crippen molar-refractivity contribution in [2.24, 2.45) is 0 Å². The first-order chi connectivity index (χ1) is 5.75. The van der Waals surface area contributed by atoms with E-state index in [0.29, 0.717) is 0 Å². The van der Waals surface area contributed by atoms with Crippen molar-refractivity contribution in [3.05, 3.63) is 0 Å². The minimum atomic E-state index is -8.43. The predicted octanol–water partition coefficient (Wildman–Crippen LogP) is 3.21. The third kappa shape index (κ3) is 1.81. The van der Waals surface area contributed by atoms with Gasteiger partial charge >= 0.3 is 26.7 Å². The van der Waals surface area contributed by atoms with Crippen LogP contribution in [0.1, 0.15) is 0 Å². The van der Waals surface area contributed by atoms with Crippen LogP contribution in [-0.4, -0.2) is 26.7 Å². The highest BCUT2D eigenvalue weighted by atomic mass is 28.5. The number of hydrogen-bond acceptors (Lipinski definition) is 0. The van der Waals surface area contributed by atoms with Crippen LogP contribution in [0.5, 0.6) is 0 Å². The molecular weight excluding hydrogens is 254 g/mol. The Kier molecular flexibility index (Phi) is 2.90. The highest BCUT2D eigenvalue weighted by Gasteiger charge is 2.85. The average Bonchev–Trinajstić information content (AvgIpc) is 1.81. The van der Waals surface area contributed by atoms with E-state index >= 15 is 0 Å². The second-order valence-corrected chi connectivity index (χ2v) is 3.77. The first-order valence-corrected chi connectivity index (χ1v) is 4.27. The largest absolute Gasteiger partial charge is 0.697 e. The van der Waals surface area contributed by atoms with Gasteiger partial charge in [0.2, 0.25) is 0 Å². The van der Waals surface area contributed by atoms with Crippen LogP contribution in [0.3, 0.4) is 0 Å². The fourth-order valence-corrected chi connectivity index (χ4v) is 0.854. The van der Waals surface area contributed by atoms with Gasteiger partial charge in [-0.1, -0.05) is 0 Å².